The lowest BCUT2D eigenvalue weighted by molar-refractivity contribution is 0.460. The molecule has 0 atom stereocenters. The van der Waals surface area contributed by atoms with Crippen molar-refractivity contribution >= 4 is 15.7 Å². The molecule has 0 spiro atoms. The van der Waals surface area contributed by atoms with Crippen LogP contribution in [0.3, 0.4) is 0 Å². The first kappa shape index (κ1) is 18.8. The molecule has 0 aliphatic heterocycles. The molecule has 0 saturated carbocycles. The average molecular weight is 383 g/mol. The highest BCUT2D eigenvalue weighted by Crippen LogP contribution is 2.26. The molecule has 6 nitrogen and oxygen atoms in total. The Balaban J connectivity index is 1.78. The number of aromatic nitrogens is 2. The van der Waals surface area contributed by atoms with Crippen LogP contribution in [0.25, 0.3) is 0 Å². The maximum Gasteiger partial charge on any atom is 0.261 e. The zero-order chi connectivity index (χ0) is 19.5. The van der Waals surface area contributed by atoms with Crippen LogP contribution in [-0.4, -0.2) is 18.4 Å². The summed E-state index contributed by atoms with van der Waals surface area (Å²) in [6.07, 6.45) is 4.54. The normalized spacial score (nSPS) is 11.8. The number of hydrogen-bond acceptors (Lipinski definition) is 5. The molecular formula is C20H21N3O3S. The van der Waals surface area contributed by atoms with Gasteiger partial charge in [0.2, 0.25) is 5.88 Å². The van der Waals surface area contributed by atoms with Crippen molar-refractivity contribution in [3.8, 4) is 11.6 Å². The fraction of sp³-hybridized carbons (Fsp3) is 0.200. The van der Waals surface area contributed by atoms with Gasteiger partial charge in [0.25, 0.3) is 10.0 Å². The predicted molar refractivity (Wildman–Crippen MR) is 104 cm³/mol. The van der Waals surface area contributed by atoms with Crippen molar-refractivity contribution in [3.63, 3.8) is 0 Å². The molecule has 0 bridgehead atoms. The summed E-state index contributed by atoms with van der Waals surface area (Å²) < 4.78 is 33.5. The van der Waals surface area contributed by atoms with Gasteiger partial charge in [-0.1, -0.05) is 39.0 Å². The number of nitrogens with one attached hydrogen (secondary N) is 1. The van der Waals surface area contributed by atoms with Crippen LogP contribution < -0.4 is 9.46 Å². The van der Waals surface area contributed by atoms with Gasteiger partial charge in [-0.2, -0.15) is 0 Å². The second-order valence-corrected chi connectivity index (χ2v) is 8.74. The van der Waals surface area contributed by atoms with E-state index in [0.29, 0.717) is 17.3 Å². The van der Waals surface area contributed by atoms with E-state index in [0.717, 1.165) is 5.56 Å². The van der Waals surface area contributed by atoms with Crippen LogP contribution in [0.5, 0.6) is 11.6 Å². The third-order valence-corrected chi connectivity index (χ3v) is 5.28. The van der Waals surface area contributed by atoms with Crippen molar-refractivity contribution in [2.24, 2.45) is 0 Å². The Kier molecular flexibility index (Phi) is 5.14. The van der Waals surface area contributed by atoms with Gasteiger partial charge in [-0.15, -0.1) is 0 Å². The number of ether oxygens (including phenoxy) is 1. The van der Waals surface area contributed by atoms with Crippen LogP contribution in [0, 0.1) is 0 Å². The van der Waals surface area contributed by atoms with Crippen molar-refractivity contribution in [2.75, 3.05) is 4.72 Å². The van der Waals surface area contributed by atoms with Crippen LogP contribution in [0.15, 0.2) is 72.0 Å². The molecule has 0 radical (unpaired) electrons. The van der Waals surface area contributed by atoms with Crippen LogP contribution in [-0.2, 0) is 15.4 Å². The minimum atomic E-state index is -3.70. The monoisotopic (exact) mass is 383 g/mol. The molecule has 0 aliphatic carbocycles. The molecule has 0 fully saturated rings. The zero-order valence-corrected chi connectivity index (χ0v) is 16.2. The maximum absolute atomic E-state index is 12.7. The lowest BCUT2D eigenvalue weighted by Crippen LogP contribution is -2.14. The molecule has 1 heterocycles. The van der Waals surface area contributed by atoms with E-state index in [2.05, 4.69) is 35.5 Å². The standard InChI is InChI=1S/C20H21N3O3S/c1-20(2,3)15-7-9-18(10-8-15)27(24,25)23-16-5-4-6-17(13-16)26-19-14-21-11-12-22-19/h4-14,23H,1-3H3. The van der Waals surface area contributed by atoms with Gasteiger partial charge < -0.3 is 4.74 Å². The van der Waals surface area contributed by atoms with E-state index in [9.17, 15) is 8.42 Å². The van der Waals surface area contributed by atoms with Gasteiger partial charge in [-0.05, 0) is 35.2 Å². The van der Waals surface area contributed by atoms with Gasteiger partial charge in [-0.3, -0.25) is 9.71 Å². The van der Waals surface area contributed by atoms with E-state index < -0.39 is 10.0 Å². The molecule has 140 valence electrons. The van der Waals surface area contributed by atoms with Crippen molar-refractivity contribution in [2.45, 2.75) is 31.1 Å². The van der Waals surface area contributed by atoms with Crippen molar-refractivity contribution in [1.29, 1.82) is 0 Å². The van der Waals surface area contributed by atoms with E-state index in [1.807, 2.05) is 12.1 Å². The molecule has 0 amide bonds. The largest absolute Gasteiger partial charge is 0.437 e. The summed E-state index contributed by atoms with van der Waals surface area (Å²) in [5, 5.41) is 0. The lowest BCUT2D eigenvalue weighted by atomic mass is 9.87. The van der Waals surface area contributed by atoms with Crippen LogP contribution >= 0.6 is 0 Å². The van der Waals surface area contributed by atoms with Gasteiger partial charge in [0.15, 0.2) is 0 Å². The van der Waals surface area contributed by atoms with E-state index in [1.165, 1.54) is 12.4 Å². The summed E-state index contributed by atoms with van der Waals surface area (Å²) in [5.41, 5.74) is 1.43. The maximum atomic E-state index is 12.7. The van der Waals surface area contributed by atoms with E-state index >= 15 is 0 Å². The number of hydrogen-bond donors (Lipinski definition) is 1. The first-order valence-corrected chi connectivity index (χ1v) is 9.90. The Morgan fingerprint density at radius 3 is 2.37 bits per heavy atom. The van der Waals surface area contributed by atoms with Gasteiger partial charge in [0.1, 0.15) is 5.75 Å². The summed E-state index contributed by atoms with van der Waals surface area (Å²) in [7, 11) is -3.70. The van der Waals surface area contributed by atoms with Crippen LogP contribution in [0.2, 0.25) is 0 Å². The first-order chi connectivity index (χ1) is 12.7. The minimum absolute atomic E-state index is 0.0400. The highest BCUT2D eigenvalue weighted by molar-refractivity contribution is 7.92. The van der Waals surface area contributed by atoms with Crippen molar-refractivity contribution in [1.82, 2.24) is 9.97 Å². The number of nitrogens with zero attached hydrogens (tertiary/aromatic N) is 2. The van der Waals surface area contributed by atoms with Crippen molar-refractivity contribution < 1.29 is 13.2 Å². The van der Waals surface area contributed by atoms with Crippen LogP contribution in [0.1, 0.15) is 26.3 Å². The molecule has 3 aromatic rings. The Morgan fingerprint density at radius 1 is 1.00 bits per heavy atom. The topological polar surface area (TPSA) is 81.2 Å². The first-order valence-electron chi connectivity index (χ1n) is 8.41. The quantitative estimate of drug-likeness (QED) is 0.708. The fourth-order valence-corrected chi connectivity index (χ4v) is 3.48. The second-order valence-electron chi connectivity index (χ2n) is 7.05. The Morgan fingerprint density at radius 2 is 1.74 bits per heavy atom. The molecule has 1 N–H and O–H groups in total. The van der Waals surface area contributed by atoms with Gasteiger partial charge in [0, 0.05) is 18.5 Å². The molecular weight excluding hydrogens is 362 g/mol. The summed E-state index contributed by atoms with van der Waals surface area (Å²) in [5.74, 6) is 0.786. The number of anilines is 1. The molecule has 0 unspecified atom stereocenters. The summed E-state index contributed by atoms with van der Waals surface area (Å²) in [6, 6.07) is 13.6. The Hall–Kier alpha value is -2.93. The summed E-state index contributed by atoms with van der Waals surface area (Å²) >= 11 is 0. The van der Waals surface area contributed by atoms with Crippen LogP contribution in [0.4, 0.5) is 5.69 Å². The van der Waals surface area contributed by atoms with E-state index in [4.69, 9.17) is 4.74 Å². The van der Waals surface area contributed by atoms with Crippen molar-refractivity contribution in [3.05, 3.63) is 72.7 Å². The third-order valence-electron chi connectivity index (χ3n) is 3.88. The Bertz CT molecular complexity index is 1010. The third kappa shape index (κ3) is 4.83. The Labute approximate surface area is 159 Å². The smallest absolute Gasteiger partial charge is 0.261 e. The molecule has 3 rings (SSSR count). The highest BCUT2D eigenvalue weighted by atomic mass is 32.2. The second kappa shape index (κ2) is 7.36. The highest BCUT2D eigenvalue weighted by Gasteiger charge is 2.18. The number of sulfonamides is 1. The van der Waals surface area contributed by atoms with Gasteiger partial charge in [-0.25, -0.2) is 13.4 Å². The fourth-order valence-electron chi connectivity index (χ4n) is 2.43. The van der Waals surface area contributed by atoms with E-state index in [-0.39, 0.29) is 10.3 Å². The molecule has 0 saturated heterocycles. The SMILES string of the molecule is CC(C)(C)c1ccc(S(=O)(=O)Nc2cccc(Oc3cnccn3)c2)cc1. The molecule has 1 aromatic heterocycles. The average Bonchev–Trinajstić information content (AvgIpc) is 2.62. The van der Waals surface area contributed by atoms with Gasteiger partial charge in [0.05, 0.1) is 16.8 Å². The lowest BCUT2D eigenvalue weighted by Gasteiger charge is -2.19. The zero-order valence-electron chi connectivity index (χ0n) is 15.4. The summed E-state index contributed by atoms with van der Waals surface area (Å²) in [4.78, 5) is 8.16. The number of rotatable bonds is 5. The predicted octanol–water partition coefficient (Wildman–Crippen LogP) is 4.37. The summed E-state index contributed by atoms with van der Waals surface area (Å²) in [6.45, 7) is 6.24. The minimum Gasteiger partial charge on any atom is -0.437 e. The molecule has 0 aliphatic rings. The van der Waals surface area contributed by atoms with Gasteiger partial charge >= 0.3 is 0 Å². The molecule has 2 aromatic carbocycles. The molecule has 27 heavy (non-hydrogen) atoms. The van der Waals surface area contributed by atoms with E-state index in [1.54, 1.807) is 42.6 Å². The molecule has 7 heteroatoms. The number of benzene rings is 2.